The van der Waals surface area contributed by atoms with Crippen molar-refractivity contribution in [3.63, 3.8) is 0 Å². The van der Waals surface area contributed by atoms with Crippen molar-refractivity contribution in [2.45, 2.75) is 57.5 Å². The number of piperazine rings is 1. The number of amides is 4. The van der Waals surface area contributed by atoms with Crippen LogP contribution in [0.15, 0.2) is 0 Å². The second-order valence-electron chi connectivity index (χ2n) is 8.41. The molecule has 162 valence electrons. The Balaban J connectivity index is 1.38. The van der Waals surface area contributed by atoms with Gasteiger partial charge in [0.2, 0.25) is 23.6 Å². The minimum Gasteiger partial charge on any atom is -0.368 e. The van der Waals surface area contributed by atoms with E-state index in [1.807, 2.05) is 4.90 Å². The van der Waals surface area contributed by atoms with E-state index >= 15 is 0 Å². The number of nitrogens with one attached hydrogen (secondary N) is 1. The molecule has 3 aliphatic rings. The summed E-state index contributed by atoms with van der Waals surface area (Å²) in [5, 5.41) is 3.30. The molecule has 0 aromatic rings. The highest BCUT2D eigenvalue weighted by atomic mass is 16.2. The zero-order valence-electron chi connectivity index (χ0n) is 17.3. The first-order valence-electron chi connectivity index (χ1n) is 10.7. The van der Waals surface area contributed by atoms with Crippen molar-refractivity contribution in [3.8, 4) is 0 Å². The predicted octanol–water partition coefficient (Wildman–Crippen LogP) is -0.698. The van der Waals surface area contributed by atoms with Crippen LogP contribution < -0.4 is 11.1 Å². The Morgan fingerprint density at radius 3 is 2.10 bits per heavy atom. The molecule has 29 heavy (non-hydrogen) atoms. The molecule has 0 radical (unpaired) electrons. The fourth-order valence-corrected chi connectivity index (χ4v) is 4.74. The third-order valence-electron chi connectivity index (χ3n) is 6.56. The van der Waals surface area contributed by atoms with Gasteiger partial charge in [-0.25, -0.2) is 0 Å². The van der Waals surface area contributed by atoms with Crippen molar-refractivity contribution in [2.24, 2.45) is 11.7 Å². The van der Waals surface area contributed by atoms with Crippen LogP contribution in [0, 0.1) is 5.92 Å². The van der Waals surface area contributed by atoms with E-state index in [1.165, 1.54) is 0 Å². The molecule has 4 amide bonds. The topological polar surface area (TPSA) is 116 Å². The Morgan fingerprint density at radius 1 is 0.897 bits per heavy atom. The average molecular weight is 408 g/mol. The van der Waals surface area contributed by atoms with E-state index in [2.05, 4.69) is 5.32 Å². The lowest BCUT2D eigenvalue weighted by molar-refractivity contribution is -0.142. The molecule has 0 bridgehead atoms. The number of likely N-dealkylation sites (tertiary alicyclic amines) is 1. The van der Waals surface area contributed by atoms with Gasteiger partial charge >= 0.3 is 0 Å². The van der Waals surface area contributed by atoms with Crippen molar-refractivity contribution in [2.75, 3.05) is 39.3 Å². The van der Waals surface area contributed by atoms with E-state index in [9.17, 15) is 19.2 Å². The van der Waals surface area contributed by atoms with Crippen molar-refractivity contribution in [1.82, 2.24) is 20.0 Å². The molecule has 0 spiro atoms. The van der Waals surface area contributed by atoms with Crippen LogP contribution in [-0.4, -0.2) is 89.7 Å². The molecule has 2 heterocycles. The first-order valence-corrected chi connectivity index (χ1v) is 10.7. The van der Waals surface area contributed by atoms with Crippen LogP contribution in [0.4, 0.5) is 0 Å². The number of carbonyl (C=O) groups is 4. The largest absolute Gasteiger partial charge is 0.368 e. The van der Waals surface area contributed by atoms with Gasteiger partial charge in [-0.1, -0.05) is 0 Å². The van der Waals surface area contributed by atoms with Crippen LogP contribution in [0.25, 0.3) is 0 Å². The zero-order valence-corrected chi connectivity index (χ0v) is 17.3. The monoisotopic (exact) mass is 407 g/mol. The molecule has 2 aliphatic heterocycles. The molecule has 3 rings (SSSR count). The van der Waals surface area contributed by atoms with Gasteiger partial charge in [0, 0.05) is 51.6 Å². The normalized spacial score (nSPS) is 27.8. The average Bonchev–Trinajstić information content (AvgIpc) is 3.22. The van der Waals surface area contributed by atoms with E-state index in [0.29, 0.717) is 39.1 Å². The fraction of sp³-hybridized carbons (Fsp3) is 0.800. The van der Waals surface area contributed by atoms with Gasteiger partial charge in [-0.05, 0) is 38.5 Å². The smallest absolute Gasteiger partial charge is 0.240 e. The van der Waals surface area contributed by atoms with Crippen LogP contribution >= 0.6 is 0 Å². The molecule has 1 aliphatic carbocycles. The summed E-state index contributed by atoms with van der Waals surface area (Å²) in [6.07, 6.45) is 4.80. The Hall–Kier alpha value is -2.16. The molecule has 9 nitrogen and oxygen atoms in total. The molecular weight excluding hydrogens is 374 g/mol. The van der Waals surface area contributed by atoms with Gasteiger partial charge in [-0.3, -0.25) is 19.2 Å². The number of hydrogen-bond acceptors (Lipinski definition) is 5. The van der Waals surface area contributed by atoms with Crippen molar-refractivity contribution in [1.29, 1.82) is 0 Å². The minimum absolute atomic E-state index is 0.0328. The van der Waals surface area contributed by atoms with E-state index < -0.39 is 11.9 Å². The lowest BCUT2D eigenvalue weighted by Gasteiger charge is -2.37. The van der Waals surface area contributed by atoms with Crippen LogP contribution in [0.2, 0.25) is 0 Å². The molecule has 2 saturated heterocycles. The van der Waals surface area contributed by atoms with E-state index in [1.54, 1.807) is 16.7 Å². The molecule has 1 atom stereocenters. The summed E-state index contributed by atoms with van der Waals surface area (Å²) in [5.74, 6) is -0.212. The number of nitrogens with zero attached hydrogens (tertiary/aromatic N) is 3. The zero-order chi connectivity index (χ0) is 21.0. The van der Waals surface area contributed by atoms with E-state index in [-0.39, 0.29) is 36.2 Å². The molecule has 0 unspecified atom stereocenters. The molecule has 3 N–H and O–H groups in total. The minimum atomic E-state index is -0.471. The highest BCUT2D eigenvalue weighted by Crippen LogP contribution is 2.26. The summed E-state index contributed by atoms with van der Waals surface area (Å²) in [4.78, 5) is 53.3. The van der Waals surface area contributed by atoms with Crippen LogP contribution in [0.5, 0.6) is 0 Å². The van der Waals surface area contributed by atoms with E-state index in [4.69, 9.17) is 5.73 Å². The fourth-order valence-electron chi connectivity index (χ4n) is 4.74. The third-order valence-corrected chi connectivity index (χ3v) is 6.56. The summed E-state index contributed by atoms with van der Waals surface area (Å²) >= 11 is 0. The van der Waals surface area contributed by atoms with Crippen molar-refractivity contribution < 1.29 is 19.2 Å². The molecule has 9 heteroatoms. The number of rotatable bonds is 5. The van der Waals surface area contributed by atoms with Gasteiger partial charge in [0.25, 0.3) is 0 Å². The van der Waals surface area contributed by atoms with Crippen LogP contribution in [0.3, 0.4) is 0 Å². The second kappa shape index (κ2) is 9.56. The third kappa shape index (κ3) is 5.26. The van der Waals surface area contributed by atoms with Crippen LogP contribution in [-0.2, 0) is 19.2 Å². The molecule has 0 aromatic heterocycles. The maximum absolute atomic E-state index is 12.8. The van der Waals surface area contributed by atoms with Gasteiger partial charge in [-0.15, -0.1) is 0 Å². The standard InChI is InChI=1S/C20H33N5O4/c1-14(26)23-9-11-24(12-10-23)20(29)15-4-6-16(7-5-15)22-13-18(27)25-8-2-3-17(25)19(21)28/h15-17,22H,2-13H2,1H3,(H2,21,28)/t15?,16?,17-/m0/s1. The van der Waals surface area contributed by atoms with Gasteiger partial charge in [-0.2, -0.15) is 0 Å². The quantitative estimate of drug-likeness (QED) is 0.625. The van der Waals surface area contributed by atoms with Gasteiger partial charge in [0.05, 0.1) is 6.54 Å². The lowest BCUT2D eigenvalue weighted by Crippen LogP contribution is -2.52. The predicted molar refractivity (Wildman–Crippen MR) is 107 cm³/mol. The Labute approximate surface area is 171 Å². The maximum Gasteiger partial charge on any atom is 0.240 e. The number of carbonyl (C=O) groups excluding carboxylic acids is 4. The highest BCUT2D eigenvalue weighted by Gasteiger charge is 2.34. The summed E-state index contributed by atoms with van der Waals surface area (Å²) in [6, 6.07) is -0.256. The lowest BCUT2D eigenvalue weighted by atomic mass is 9.85. The summed E-state index contributed by atoms with van der Waals surface area (Å²) in [5.41, 5.74) is 5.38. The Kier molecular flexibility index (Phi) is 7.10. The number of nitrogens with two attached hydrogens (primary N) is 1. The Morgan fingerprint density at radius 2 is 1.52 bits per heavy atom. The SMILES string of the molecule is CC(=O)N1CCN(C(=O)C2CCC(NCC(=O)N3CCC[C@H]3C(N)=O)CC2)CC1. The highest BCUT2D eigenvalue weighted by molar-refractivity contribution is 5.88. The summed E-state index contributed by atoms with van der Waals surface area (Å²) in [6.45, 7) is 4.82. The molecule has 0 aromatic carbocycles. The van der Waals surface area contributed by atoms with Crippen molar-refractivity contribution >= 4 is 23.6 Å². The van der Waals surface area contributed by atoms with Gasteiger partial charge < -0.3 is 25.8 Å². The second-order valence-corrected chi connectivity index (χ2v) is 8.41. The van der Waals surface area contributed by atoms with Crippen LogP contribution in [0.1, 0.15) is 45.4 Å². The first kappa shape index (κ1) is 21.5. The Bertz CT molecular complexity index is 639. The summed E-state index contributed by atoms with van der Waals surface area (Å²) in [7, 11) is 0. The maximum atomic E-state index is 12.8. The van der Waals surface area contributed by atoms with E-state index in [0.717, 1.165) is 32.1 Å². The van der Waals surface area contributed by atoms with Gasteiger partial charge in [0.1, 0.15) is 6.04 Å². The molecular formula is C20H33N5O4. The summed E-state index contributed by atoms with van der Waals surface area (Å²) < 4.78 is 0. The first-order chi connectivity index (χ1) is 13.9. The van der Waals surface area contributed by atoms with Crippen molar-refractivity contribution in [3.05, 3.63) is 0 Å². The molecule has 3 fully saturated rings. The van der Waals surface area contributed by atoms with Gasteiger partial charge in [0.15, 0.2) is 0 Å². The number of primary amides is 1. The molecule has 1 saturated carbocycles. The number of hydrogen-bond donors (Lipinski definition) is 2.